The number of carbonyl (C=O) groups is 1. The van der Waals surface area contributed by atoms with Crippen molar-refractivity contribution in [1.82, 2.24) is 0 Å². The average molecular weight is 381 g/mol. The number of nitro groups is 1. The molecule has 28 heavy (non-hydrogen) atoms. The van der Waals surface area contributed by atoms with Crippen LogP contribution in [0.3, 0.4) is 0 Å². The maximum absolute atomic E-state index is 11.7. The number of carbonyl (C=O) groups excluding carboxylic acids is 1. The standard InChI is InChI=1S/C21H23N3O4/c1-28-17-4-2-3-15(11-17)14-7-9-23(10-8-14)19-13-18-16(5-6-21(25)22-18)12-20(19)24(26)27/h2-4,11-14H,5-10H2,1H3,(H,22,25). The molecule has 0 unspecified atom stereocenters. The molecule has 1 saturated heterocycles. The van der Waals surface area contributed by atoms with E-state index in [1.165, 1.54) is 5.56 Å². The largest absolute Gasteiger partial charge is 0.497 e. The third-order valence-corrected chi connectivity index (χ3v) is 5.69. The molecule has 1 N–H and O–H groups in total. The fraction of sp³-hybridized carbons (Fsp3) is 0.381. The van der Waals surface area contributed by atoms with Gasteiger partial charge in [-0.05, 0) is 54.5 Å². The molecule has 0 saturated carbocycles. The zero-order valence-corrected chi connectivity index (χ0v) is 15.8. The van der Waals surface area contributed by atoms with E-state index < -0.39 is 0 Å². The van der Waals surface area contributed by atoms with Crippen LogP contribution in [0.4, 0.5) is 17.1 Å². The Labute approximate surface area is 163 Å². The van der Waals surface area contributed by atoms with Crippen molar-refractivity contribution < 1.29 is 14.5 Å². The maximum atomic E-state index is 11.7. The Morgan fingerprint density at radius 2 is 1.96 bits per heavy atom. The molecule has 2 heterocycles. The van der Waals surface area contributed by atoms with Crippen LogP contribution in [-0.2, 0) is 11.2 Å². The van der Waals surface area contributed by atoms with Gasteiger partial charge in [0.25, 0.3) is 5.69 Å². The first kappa shape index (κ1) is 18.3. The lowest BCUT2D eigenvalue weighted by Crippen LogP contribution is -2.33. The zero-order chi connectivity index (χ0) is 19.7. The van der Waals surface area contributed by atoms with Crippen molar-refractivity contribution in [2.75, 3.05) is 30.4 Å². The van der Waals surface area contributed by atoms with Gasteiger partial charge < -0.3 is 15.0 Å². The summed E-state index contributed by atoms with van der Waals surface area (Å²) in [5.74, 6) is 1.22. The summed E-state index contributed by atoms with van der Waals surface area (Å²) in [6, 6.07) is 11.5. The minimum absolute atomic E-state index is 0.0379. The molecule has 7 nitrogen and oxygen atoms in total. The van der Waals surface area contributed by atoms with Gasteiger partial charge in [-0.15, -0.1) is 0 Å². The van der Waals surface area contributed by atoms with Crippen LogP contribution in [-0.4, -0.2) is 31.0 Å². The van der Waals surface area contributed by atoms with Crippen LogP contribution in [0.15, 0.2) is 36.4 Å². The van der Waals surface area contributed by atoms with Crippen molar-refractivity contribution >= 4 is 23.0 Å². The molecule has 0 aromatic heterocycles. The lowest BCUT2D eigenvalue weighted by atomic mass is 9.89. The van der Waals surface area contributed by atoms with Crippen LogP contribution in [0.5, 0.6) is 5.75 Å². The van der Waals surface area contributed by atoms with E-state index in [1.807, 2.05) is 12.1 Å². The molecule has 2 aliphatic heterocycles. The number of hydrogen-bond acceptors (Lipinski definition) is 5. The van der Waals surface area contributed by atoms with Gasteiger partial charge in [0, 0.05) is 31.3 Å². The van der Waals surface area contributed by atoms with Crippen LogP contribution in [0, 0.1) is 10.1 Å². The molecule has 0 atom stereocenters. The summed E-state index contributed by atoms with van der Waals surface area (Å²) in [6.45, 7) is 1.46. The number of nitrogens with zero attached hydrogens (tertiary/aromatic N) is 2. The van der Waals surface area contributed by atoms with Gasteiger partial charge >= 0.3 is 0 Å². The highest BCUT2D eigenvalue weighted by Gasteiger charge is 2.28. The first-order chi connectivity index (χ1) is 13.5. The highest BCUT2D eigenvalue weighted by molar-refractivity contribution is 5.95. The quantitative estimate of drug-likeness (QED) is 0.642. The molecule has 0 spiro atoms. The number of nitro benzene ring substituents is 1. The Kier molecular flexibility index (Phi) is 4.90. The van der Waals surface area contributed by atoms with E-state index in [-0.39, 0.29) is 16.5 Å². The van der Waals surface area contributed by atoms with Crippen LogP contribution >= 0.6 is 0 Å². The second-order valence-electron chi connectivity index (χ2n) is 7.34. The molecular formula is C21H23N3O4. The van der Waals surface area contributed by atoms with Gasteiger partial charge in [0.05, 0.1) is 12.0 Å². The average Bonchev–Trinajstić information content (AvgIpc) is 2.72. The van der Waals surface area contributed by atoms with E-state index in [9.17, 15) is 14.9 Å². The SMILES string of the molecule is COc1cccc(C2CCN(c3cc4c(cc3[N+](=O)[O-])CCC(=O)N4)CC2)c1. The van der Waals surface area contributed by atoms with E-state index in [0.717, 1.165) is 37.2 Å². The van der Waals surface area contributed by atoms with E-state index in [0.29, 0.717) is 30.1 Å². The Morgan fingerprint density at radius 3 is 2.68 bits per heavy atom. The first-order valence-corrected chi connectivity index (χ1v) is 9.55. The van der Waals surface area contributed by atoms with Crippen molar-refractivity contribution in [3.05, 3.63) is 57.6 Å². The summed E-state index contributed by atoms with van der Waals surface area (Å²) in [4.78, 5) is 25.1. The summed E-state index contributed by atoms with van der Waals surface area (Å²) in [5.41, 5.74) is 3.49. The molecule has 146 valence electrons. The van der Waals surface area contributed by atoms with Crippen LogP contribution in [0.2, 0.25) is 0 Å². The van der Waals surface area contributed by atoms with Gasteiger partial charge in [-0.1, -0.05) is 12.1 Å². The fourth-order valence-electron chi connectivity index (χ4n) is 4.15. The molecular weight excluding hydrogens is 358 g/mol. The fourth-order valence-corrected chi connectivity index (χ4v) is 4.15. The minimum atomic E-state index is -0.319. The summed E-state index contributed by atoms with van der Waals surface area (Å²) in [5, 5.41) is 14.5. The number of ether oxygens (including phenoxy) is 1. The van der Waals surface area contributed by atoms with Crippen molar-refractivity contribution in [1.29, 1.82) is 0 Å². The van der Waals surface area contributed by atoms with Crippen LogP contribution in [0.25, 0.3) is 0 Å². The number of amides is 1. The Balaban J connectivity index is 1.56. The molecule has 2 aromatic carbocycles. The number of rotatable bonds is 4. The van der Waals surface area contributed by atoms with Gasteiger partial charge in [-0.25, -0.2) is 0 Å². The topological polar surface area (TPSA) is 84.7 Å². The van der Waals surface area contributed by atoms with Crippen molar-refractivity contribution in [3.8, 4) is 5.75 Å². The van der Waals surface area contributed by atoms with Crippen molar-refractivity contribution in [3.63, 3.8) is 0 Å². The number of nitrogens with one attached hydrogen (secondary N) is 1. The molecule has 4 rings (SSSR count). The van der Waals surface area contributed by atoms with E-state index >= 15 is 0 Å². The summed E-state index contributed by atoms with van der Waals surface area (Å²) in [7, 11) is 1.66. The molecule has 0 bridgehead atoms. The predicted octanol–water partition coefficient (Wildman–Crippen LogP) is 3.87. The minimum Gasteiger partial charge on any atom is -0.497 e. The van der Waals surface area contributed by atoms with Gasteiger partial charge in [0.15, 0.2) is 0 Å². The van der Waals surface area contributed by atoms with E-state index in [4.69, 9.17) is 4.74 Å². The van der Waals surface area contributed by atoms with Crippen LogP contribution in [0.1, 0.15) is 36.3 Å². The Hall–Kier alpha value is -3.09. The molecule has 0 radical (unpaired) electrons. The molecule has 1 fully saturated rings. The molecule has 2 aromatic rings. The number of fused-ring (bicyclic) bond motifs is 1. The lowest BCUT2D eigenvalue weighted by Gasteiger charge is -2.34. The van der Waals surface area contributed by atoms with Gasteiger partial charge in [-0.3, -0.25) is 14.9 Å². The number of aryl methyl sites for hydroxylation is 1. The number of piperidine rings is 1. The highest BCUT2D eigenvalue weighted by atomic mass is 16.6. The zero-order valence-electron chi connectivity index (χ0n) is 15.8. The number of hydrogen-bond donors (Lipinski definition) is 1. The molecule has 2 aliphatic rings. The van der Waals surface area contributed by atoms with E-state index in [1.54, 1.807) is 19.2 Å². The monoisotopic (exact) mass is 381 g/mol. The smallest absolute Gasteiger partial charge is 0.292 e. The van der Waals surface area contributed by atoms with Gasteiger partial charge in [-0.2, -0.15) is 0 Å². The second kappa shape index (κ2) is 7.50. The van der Waals surface area contributed by atoms with E-state index in [2.05, 4.69) is 22.3 Å². The third kappa shape index (κ3) is 3.52. The highest BCUT2D eigenvalue weighted by Crippen LogP contribution is 2.39. The summed E-state index contributed by atoms with van der Waals surface area (Å²) < 4.78 is 5.32. The summed E-state index contributed by atoms with van der Waals surface area (Å²) in [6.07, 6.45) is 2.73. The second-order valence-corrected chi connectivity index (χ2v) is 7.34. The Morgan fingerprint density at radius 1 is 1.18 bits per heavy atom. The normalized spacial score (nSPS) is 17.0. The summed E-state index contributed by atoms with van der Waals surface area (Å²) >= 11 is 0. The molecule has 0 aliphatic carbocycles. The number of benzene rings is 2. The van der Waals surface area contributed by atoms with Crippen molar-refractivity contribution in [2.45, 2.75) is 31.6 Å². The number of anilines is 2. The maximum Gasteiger partial charge on any atom is 0.292 e. The van der Waals surface area contributed by atoms with Gasteiger partial charge in [0.1, 0.15) is 11.4 Å². The van der Waals surface area contributed by atoms with Crippen LogP contribution < -0.4 is 15.0 Å². The Bertz CT molecular complexity index is 920. The lowest BCUT2D eigenvalue weighted by molar-refractivity contribution is -0.384. The molecule has 1 amide bonds. The van der Waals surface area contributed by atoms with Gasteiger partial charge in [0.2, 0.25) is 5.91 Å². The molecule has 7 heteroatoms. The first-order valence-electron chi connectivity index (χ1n) is 9.55. The predicted molar refractivity (Wildman–Crippen MR) is 107 cm³/mol. The van der Waals surface area contributed by atoms with Crippen molar-refractivity contribution in [2.24, 2.45) is 0 Å². The number of methoxy groups -OCH3 is 1. The third-order valence-electron chi connectivity index (χ3n) is 5.69.